The van der Waals surface area contributed by atoms with E-state index in [1.807, 2.05) is 24.3 Å². The summed E-state index contributed by atoms with van der Waals surface area (Å²) in [5.41, 5.74) is 1.18. The van der Waals surface area contributed by atoms with Gasteiger partial charge in [-0.05, 0) is 37.1 Å². The molecule has 0 aliphatic rings. The van der Waals surface area contributed by atoms with E-state index in [1.54, 1.807) is 0 Å². The molecule has 0 radical (unpaired) electrons. The Hall–Kier alpha value is -0.570. The van der Waals surface area contributed by atoms with E-state index >= 15 is 0 Å². The Bertz CT molecular complexity index is 273. The molecule has 2 N–H and O–H groups in total. The summed E-state index contributed by atoms with van der Waals surface area (Å²) in [4.78, 5) is 0. The van der Waals surface area contributed by atoms with Crippen molar-refractivity contribution in [2.75, 3.05) is 13.2 Å². The first-order valence-corrected chi connectivity index (χ1v) is 5.75. The summed E-state index contributed by atoms with van der Waals surface area (Å²) in [6, 6.07) is 8.01. The normalized spacial score (nSPS) is 12.7. The highest BCUT2D eigenvalue weighted by atomic mass is 35.5. The van der Waals surface area contributed by atoms with Crippen LogP contribution in [0.4, 0.5) is 0 Å². The van der Waals surface area contributed by atoms with Crippen LogP contribution >= 0.6 is 11.6 Å². The fourth-order valence-electron chi connectivity index (χ4n) is 1.53. The van der Waals surface area contributed by atoms with Crippen LogP contribution in [-0.4, -0.2) is 18.3 Å². The number of aliphatic hydroxyl groups excluding tert-OH is 1. The molecule has 0 fully saturated rings. The largest absolute Gasteiger partial charge is 0.396 e. The summed E-state index contributed by atoms with van der Waals surface area (Å²) in [6.45, 7) is 3.29. The maximum absolute atomic E-state index is 8.99. The summed E-state index contributed by atoms with van der Waals surface area (Å²) in [6.07, 6.45) is 1.83. The Morgan fingerprint density at radius 3 is 2.53 bits per heavy atom. The third kappa shape index (κ3) is 4.20. The highest BCUT2D eigenvalue weighted by Crippen LogP contribution is 2.18. The van der Waals surface area contributed by atoms with Crippen molar-refractivity contribution < 1.29 is 5.11 Å². The first-order valence-electron chi connectivity index (χ1n) is 5.37. The maximum atomic E-state index is 8.99. The Morgan fingerprint density at radius 2 is 2.00 bits per heavy atom. The van der Waals surface area contributed by atoms with E-state index in [0.29, 0.717) is 0 Å². The van der Waals surface area contributed by atoms with Gasteiger partial charge < -0.3 is 10.4 Å². The fraction of sp³-hybridized carbons (Fsp3) is 0.500. The molecule has 0 heterocycles. The molecule has 0 saturated heterocycles. The molecule has 1 unspecified atom stereocenters. The molecule has 0 amide bonds. The molecule has 1 atom stereocenters. The number of nitrogens with one attached hydrogen (secondary N) is 1. The van der Waals surface area contributed by atoms with Crippen molar-refractivity contribution in [2.24, 2.45) is 0 Å². The predicted molar refractivity (Wildman–Crippen MR) is 64.2 cm³/mol. The second-order valence-corrected chi connectivity index (χ2v) is 4.01. The number of benzene rings is 1. The summed E-state index contributed by atoms with van der Waals surface area (Å²) in [5, 5.41) is 13.1. The highest BCUT2D eigenvalue weighted by Gasteiger charge is 2.09. The van der Waals surface area contributed by atoms with Gasteiger partial charge in [-0.2, -0.15) is 0 Å². The van der Waals surface area contributed by atoms with Gasteiger partial charge in [0.25, 0.3) is 0 Å². The average molecular weight is 228 g/mol. The van der Waals surface area contributed by atoms with Gasteiger partial charge in [-0.25, -0.2) is 0 Å². The Kier molecular flexibility index (Phi) is 5.69. The zero-order valence-electron chi connectivity index (χ0n) is 9.04. The molecule has 0 aromatic heterocycles. The van der Waals surface area contributed by atoms with Gasteiger partial charge in [0.1, 0.15) is 0 Å². The second kappa shape index (κ2) is 6.83. The van der Waals surface area contributed by atoms with Gasteiger partial charge in [0.15, 0.2) is 0 Å². The van der Waals surface area contributed by atoms with Crippen molar-refractivity contribution in [3.63, 3.8) is 0 Å². The van der Waals surface area contributed by atoms with Crippen molar-refractivity contribution >= 4 is 11.6 Å². The van der Waals surface area contributed by atoms with Gasteiger partial charge in [0, 0.05) is 17.7 Å². The summed E-state index contributed by atoms with van der Waals surface area (Å²) in [5.74, 6) is 0. The van der Waals surface area contributed by atoms with Crippen LogP contribution in [0.15, 0.2) is 24.3 Å². The number of hydrogen-bond donors (Lipinski definition) is 2. The Balaban J connectivity index is 2.65. The van der Waals surface area contributed by atoms with Gasteiger partial charge in [0.2, 0.25) is 0 Å². The lowest BCUT2D eigenvalue weighted by molar-refractivity contribution is 0.265. The number of aliphatic hydroxyl groups is 1. The van der Waals surface area contributed by atoms with Crippen LogP contribution in [0.3, 0.4) is 0 Å². The predicted octanol–water partition coefficient (Wildman–Crippen LogP) is 2.76. The first kappa shape index (κ1) is 12.5. The molecular weight excluding hydrogens is 210 g/mol. The highest BCUT2D eigenvalue weighted by molar-refractivity contribution is 6.30. The molecule has 1 aromatic rings. The molecule has 3 heteroatoms. The lowest BCUT2D eigenvalue weighted by Crippen LogP contribution is -2.23. The minimum absolute atomic E-state index is 0.198. The van der Waals surface area contributed by atoms with Gasteiger partial charge in [-0.3, -0.25) is 0 Å². The van der Waals surface area contributed by atoms with E-state index in [0.717, 1.165) is 24.4 Å². The summed E-state index contributed by atoms with van der Waals surface area (Å²) < 4.78 is 0. The van der Waals surface area contributed by atoms with Crippen LogP contribution in [0.25, 0.3) is 0 Å². The maximum Gasteiger partial charge on any atom is 0.0449 e. The summed E-state index contributed by atoms with van der Waals surface area (Å²) >= 11 is 5.83. The van der Waals surface area contributed by atoms with Crippen LogP contribution < -0.4 is 5.32 Å². The van der Waals surface area contributed by atoms with Crippen molar-refractivity contribution in [3.8, 4) is 0 Å². The minimum atomic E-state index is 0.198. The monoisotopic (exact) mass is 227 g/mol. The Labute approximate surface area is 96.3 Å². The summed E-state index contributed by atoms with van der Waals surface area (Å²) in [7, 11) is 0. The zero-order valence-corrected chi connectivity index (χ0v) is 9.80. The van der Waals surface area contributed by atoms with Crippen molar-refractivity contribution in [1.82, 2.24) is 5.32 Å². The smallest absolute Gasteiger partial charge is 0.0449 e. The third-order valence-electron chi connectivity index (χ3n) is 2.33. The molecule has 1 rings (SSSR count). The molecule has 1 aromatic carbocycles. The molecule has 15 heavy (non-hydrogen) atoms. The Morgan fingerprint density at radius 1 is 1.33 bits per heavy atom. The third-order valence-corrected chi connectivity index (χ3v) is 2.58. The molecule has 0 saturated carbocycles. The van der Waals surface area contributed by atoms with Crippen LogP contribution in [0.1, 0.15) is 31.4 Å². The van der Waals surface area contributed by atoms with Crippen LogP contribution in [0, 0.1) is 0 Å². The van der Waals surface area contributed by atoms with Gasteiger partial charge in [-0.1, -0.05) is 30.7 Å². The lowest BCUT2D eigenvalue weighted by Gasteiger charge is -2.17. The first-order chi connectivity index (χ1) is 7.27. The van der Waals surface area contributed by atoms with Crippen LogP contribution in [-0.2, 0) is 0 Å². The van der Waals surface area contributed by atoms with E-state index in [1.165, 1.54) is 5.56 Å². The minimum Gasteiger partial charge on any atom is -0.396 e. The van der Waals surface area contributed by atoms with Crippen molar-refractivity contribution in [1.29, 1.82) is 0 Å². The van der Waals surface area contributed by atoms with E-state index < -0.39 is 0 Å². The zero-order chi connectivity index (χ0) is 11.1. The number of hydrogen-bond acceptors (Lipinski definition) is 2. The molecule has 0 bridgehead atoms. The standard InChI is InChI=1S/C12H18ClNO/c1-2-8-14-12(7-9-15)10-3-5-11(13)6-4-10/h3-6,12,14-15H,2,7-9H2,1H3. The fourth-order valence-corrected chi connectivity index (χ4v) is 1.66. The molecular formula is C12H18ClNO. The molecule has 0 aliphatic carbocycles. The van der Waals surface area contributed by atoms with E-state index in [9.17, 15) is 0 Å². The van der Waals surface area contributed by atoms with Gasteiger partial charge >= 0.3 is 0 Å². The quantitative estimate of drug-likeness (QED) is 0.784. The number of rotatable bonds is 6. The molecule has 2 nitrogen and oxygen atoms in total. The molecule has 0 spiro atoms. The SMILES string of the molecule is CCCNC(CCO)c1ccc(Cl)cc1. The topological polar surface area (TPSA) is 32.3 Å². The van der Waals surface area contributed by atoms with Crippen molar-refractivity contribution in [3.05, 3.63) is 34.9 Å². The van der Waals surface area contributed by atoms with E-state index in [4.69, 9.17) is 16.7 Å². The average Bonchev–Trinajstić information content (AvgIpc) is 2.25. The molecule has 84 valence electrons. The second-order valence-electron chi connectivity index (χ2n) is 3.57. The van der Waals surface area contributed by atoms with Crippen LogP contribution in [0.2, 0.25) is 5.02 Å². The van der Waals surface area contributed by atoms with E-state index in [2.05, 4.69) is 12.2 Å². The van der Waals surface area contributed by atoms with Crippen LogP contribution in [0.5, 0.6) is 0 Å². The molecule has 0 aliphatic heterocycles. The van der Waals surface area contributed by atoms with E-state index in [-0.39, 0.29) is 12.6 Å². The number of halogens is 1. The van der Waals surface area contributed by atoms with Gasteiger partial charge in [0.05, 0.1) is 0 Å². The lowest BCUT2D eigenvalue weighted by atomic mass is 10.0. The van der Waals surface area contributed by atoms with Gasteiger partial charge in [-0.15, -0.1) is 0 Å². The van der Waals surface area contributed by atoms with Crippen molar-refractivity contribution in [2.45, 2.75) is 25.8 Å².